The van der Waals surface area contributed by atoms with Crippen LogP contribution in [0.4, 0.5) is 4.39 Å². The molecule has 2 rings (SSSR count). The second-order valence-corrected chi connectivity index (χ2v) is 5.13. The van der Waals surface area contributed by atoms with Crippen LogP contribution in [0.25, 0.3) is 0 Å². The summed E-state index contributed by atoms with van der Waals surface area (Å²) in [7, 11) is 0. The van der Waals surface area contributed by atoms with Crippen molar-refractivity contribution in [3.8, 4) is 0 Å². The van der Waals surface area contributed by atoms with Gasteiger partial charge in [-0.15, -0.1) is 0 Å². The van der Waals surface area contributed by atoms with Gasteiger partial charge in [0.25, 0.3) is 0 Å². The van der Waals surface area contributed by atoms with Crippen LogP contribution in [0.1, 0.15) is 50.2 Å². The molecule has 0 heterocycles. The Labute approximate surface area is 100 Å². The number of aliphatic carboxylic acids is 1. The molecule has 0 saturated heterocycles. The molecule has 17 heavy (non-hydrogen) atoms. The van der Waals surface area contributed by atoms with Crippen LogP contribution >= 0.6 is 0 Å². The van der Waals surface area contributed by atoms with E-state index in [2.05, 4.69) is 0 Å². The van der Waals surface area contributed by atoms with Gasteiger partial charge in [-0.1, -0.05) is 32.4 Å². The molecule has 2 nitrogen and oxygen atoms in total. The number of carbonyl (C=O) groups is 1. The normalized spacial score (nSPS) is 17.9. The molecule has 1 N–H and O–H groups in total. The minimum absolute atomic E-state index is 0.0703. The SMILES string of the molecule is CC(C)c1cc(C2(C(=O)O)CCC2)ccc1F. The van der Waals surface area contributed by atoms with Crippen LogP contribution in [0.15, 0.2) is 18.2 Å². The fraction of sp³-hybridized carbons (Fsp3) is 0.500. The maximum Gasteiger partial charge on any atom is 0.314 e. The van der Waals surface area contributed by atoms with E-state index >= 15 is 0 Å². The summed E-state index contributed by atoms with van der Waals surface area (Å²) in [5.41, 5.74) is 0.591. The van der Waals surface area contributed by atoms with Crippen molar-refractivity contribution in [2.75, 3.05) is 0 Å². The molecule has 1 aliphatic rings. The maximum absolute atomic E-state index is 13.6. The third-order valence-corrected chi connectivity index (χ3v) is 3.79. The first kappa shape index (κ1) is 12.1. The van der Waals surface area contributed by atoms with E-state index in [1.807, 2.05) is 13.8 Å². The molecule has 3 heteroatoms. The number of carboxylic acids is 1. The number of hydrogen-bond donors (Lipinski definition) is 1. The summed E-state index contributed by atoms with van der Waals surface area (Å²) in [5, 5.41) is 9.34. The lowest BCUT2D eigenvalue weighted by Gasteiger charge is -2.38. The Kier molecular flexibility index (Phi) is 2.94. The quantitative estimate of drug-likeness (QED) is 0.872. The van der Waals surface area contributed by atoms with Gasteiger partial charge in [-0.05, 0) is 36.0 Å². The van der Waals surface area contributed by atoms with Gasteiger partial charge in [0.2, 0.25) is 0 Å². The number of halogens is 1. The summed E-state index contributed by atoms with van der Waals surface area (Å²) in [6, 6.07) is 4.75. The van der Waals surface area contributed by atoms with E-state index in [1.54, 1.807) is 12.1 Å². The largest absolute Gasteiger partial charge is 0.481 e. The Morgan fingerprint density at radius 3 is 2.47 bits per heavy atom. The van der Waals surface area contributed by atoms with Crippen LogP contribution in [-0.4, -0.2) is 11.1 Å². The lowest BCUT2D eigenvalue weighted by Crippen LogP contribution is -2.42. The monoisotopic (exact) mass is 236 g/mol. The van der Waals surface area contributed by atoms with Gasteiger partial charge in [0, 0.05) is 0 Å². The highest BCUT2D eigenvalue weighted by molar-refractivity contribution is 5.82. The zero-order chi connectivity index (χ0) is 12.6. The molecule has 0 aliphatic heterocycles. The van der Waals surface area contributed by atoms with Crippen molar-refractivity contribution in [2.24, 2.45) is 0 Å². The first-order chi connectivity index (χ1) is 7.97. The predicted octanol–water partition coefficient (Wildman–Crippen LogP) is 3.46. The van der Waals surface area contributed by atoms with Crippen LogP contribution in [0.5, 0.6) is 0 Å². The van der Waals surface area contributed by atoms with Gasteiger partial charge in [0.05, 0.1) is 5.41 Å². The number of benzene rings is 1. The maximum atomic E-state index is 13.6. The second-order valence-electron chi connectivity index (χ2n) is 5.13. The zero-order valence-electron chi connectivity index (χ0n) is 10.2. The van der Waals surface area contributed by atoms with Crippen LogP contribution < -0.4 is 0 Å². The molecule has 0 amide bonds. The lowest BCUT2D eigenvalue weighted by atomic mass is 9.64. The van der Waals surface area contributed by atoms with Crippen molar-refractivity contribution < 1.29 is 14.3 Å². The molecule has 0 unspecified atom stereocenters. The standard InChI is InChI=1S/C14H17FO2/c1-9(2)11-8-10(4-5-12(11)15)14(13(16)17)6-3-7-14/h4-5,8-9H,3,6-7H2,1-2H3,(H,16,17). The summed E-state index contributed by atoms with van der Waals surface area (Å²) in [6.45, 7) is 3.83. The van der Waals surface area contributed by atoms with Crippen molar-refractivity contribution in [1.29, 1.82) is 0 Å². The topological polar surface area (TPSA) is 37.3 Å². The number of rotatable bonds is 3. The Morgan fingerprint density at radius 1 is 1.41 bits per heavy atom. The minimum atomic E-state index is -0.787. The predicted molar refractivity (Wildman–Crippen MR) is 63.7 cm³/mol. The molecule has 0 bridgehead atoms. The smallest absolute Gasteiger partial charge is 0.314 e. The molecule has 1 aromatic carbocycles. The van der Waals surface area contributed by atoms with Crippen molar-refractivity contribution >= 4 is 5.97 Å². The molecule has 92 valence electrons. The Balaban J connectivity index is 2.46. The van der Waals surface area contributed by atoms with Crippen LogP contribution in [0.2, 0.25) is 0 Å². The first-order valence-corrected chi connectivity index (χ1v) is 6.01. The molecule has 1 aliphatic carbocycles. The van der Waals surface area contributed by atoms with Gasteiger partial charge < -0.3 is 5.11 Å². The average molecular weight is 236 g/mol. The zero-order valence-corrected chi connectivity index (χ0v) is 10.2. The summed E-state index contributed by atoms with van der Waals surface area (Å²) < 4.78 is 13.6. The van der Waals surface area contributed by atoms with Gasteiger partial charge in [-0.25, -0.2) is 4.39 Å². The third-order valence-electron chi connectivity index (χ3n) is 3.79. The fourth-order valence-corrected chi connectivity index (χ4v) is 2.44. The first-order valence-electron chi connectivity index (χ1n) is 6.01. The summed E-state index contributed by atoms with van der Waals surface area (Å²) in [6.07, 6.45) is 2.25. The van der Waals surface area contributed by atoms with Gasteiger partial charge in [-0.2, -0.15) is 0 Å². The van der Waals surface area contributed by atoms with E-state index in [0.29, 0.717) is 18.4 Å². The number of carboxylic acid groups (broad SMARTS) is 1. The van der Waals surface area contributed by atoms with E-state index < -0.39 is 11.4 Å². The average Bonchev–Trinajstić information content (AvgIpc) is 2.17. The van der Waals surface area contributed by atoms with Gasteiger partial charge in [-0.3, -0.25) is 4.79 Å². The van der Waals surface area contributed by atoms with Gasteiger partial charge in [0.1, 0.15) is 5.82 Å². The molecular formula is C14H17FO2. The molecule has 1 fully saturated rings. The van der Waals surface area contributed by atoms with E-state index in [0.717, 1.165) is 12.0 Å². The summed E-state index contributed by atoms with van der Waals surface area (Å²) in [5.74, 6) is -0.963. The van der Waals surface area contributed by atoms with Crippen molar-refractivity contribution in [3.05, 3.63) is 35.1 Å². The molecule has 0 radical (unpaired) electrons. The summed E-state index contributed by atoms with van der Waals surface area (Å²) >= 11 is 0. The van der Waals surface area contributed by atoms with E-state index in [-0.39, 0.29) is 11.7 Å². The molecule has 1 aromatic rings. The molecule has 0 aromatic heterocycles. The Bertz CT molecular complexity index is 448. The molecule has 0 atom stereocenters. The minimum Gasteiger partial charge on any atom is -0.481 e. The third kappa shape index (κ3) is 1.84. The van der Waals surface area contributed by atoms with Crippen molar-refractivity contribution in [1.82, 2.24) is 0 Å². The van der Waals surface area contributed by atoms with Gasteiger partial charge in [0.15, 0.2) is 0 Å². The molecule has 0 spiro atoms. The highest BCUT2D eigenvalue weighted by Crippen LogP contribution is 2.44. The van der Waals surface area contributed by atoms with E-state index in [4.69, 9.17) is 0 Å². The van der Waals surface area contributed by atoms with Crippen molar-refractivity contribution in [3.63, 3.8) is 0 Å². The Hall–Kier alpha value is -1.38. The van der Waals surface area contributed by atoms with Crippen LogP contribution in [0, 0.1) is 5.82 Å². The lowest BCUT2D eigenvalue weighted by molar-refractivity contribution is -0.147. The highest BCUT2D eigenvalue weighted by atomic mass is 19.1. The number of hydrogen-bond acceptors (Lipinski definition) is 1. The highest BCUT2D eigenvalue weighted by Gasteiger charge is 2.46. The second kappa shape index (κ2) is 4.13. The fourth-order valence-electron chi connectivity index (χ4n) is 2.44. The van der Waals surface area contributed by atoms with E-state index in [9.17, 15) is 14.3 Å². The molecule has 1 saturated carbocycles. The van der Waals surface area contributed by atoms with Crippen LogP contribution in [0.3, 0.4) is 0 Å². The van der Waals surface area contributed by atoms with E-state index in [1.165, 1.54) is 6.07 Å². The molecular weight excluding hydrogens is 219 g/mol. The van der Waals surface area contributed by atoms with Crippen molar-refractivity contribution in [2.45, 2.75) is 44.4 Å². The summed E-state index contributed by atoms with van der Waals surface area (Å²) in [4.78, 5) is 11.4. The van der Waals surface area contributed by atoms with Crippen LogP contribution in [-0.2, 0) is 10.2 Å². The Morgan fingerprint density at radius 2 is 2.06 bits per heavy atom. The van der Waals surface area contributed by atoms with Gasteiger partial charge >= 0.3 is 5.97 Å².